The van der Waals surface area contributed by atoms with E-state index < -0.39 is 10.7 Å². The summed E-state index contributed by atoms with van der Waals surface area (Å²) in [5.41, 5.74) is 5.87. The Bertz CT molecular complexity index is 1200. The summed E-state index contributed by atoms with van der Waals surface area (Å²) in [7, 11) is 0. The van der Waals surface area contributed by atoms with Gasteiger partial charge in [-0.15, -0.1) is 0 Å². The molecule has 1 aliphatic heterocycles. The first kappa shape index (κ1) is 23.9. The molecule has 2 aromatic heterocycles. The number of rotatable bonds is 9. The van der Waals surface area contributed by atoms with Gasteiger partial charge in [0.25, 0.3) is 0 Å². The van der Waals surface area contributed by atoms with Gasteiger partial charge >= 0.3 is 5.69 Å². The maximum absolute atomic E-state index is 15.0. The van der Waals surface area contributed by atoms with Crippen LogP contribution in [0.3, 0.4) is 0 Å². The lowest BCUT2D eigenvalue weighted by atomic mass is 9.96. The average Bonchev–Trinajstić information content (AvgIpc) is 3.37. The zero-order valence-electron chi connectivity index (χ0n) is 19.2. The SMILES string of the molecule is CCC(Nc1ccc([N+](=O)[O-])c(Nc2ccc(N3CCC(C(N)=O)CC3)c(F)c2)n1)n1ccnc1. The number of hydrogen-bond donors (Lipinski definition) is 3. The van der Waals surface area contributed by atoms with Crippen LogP contribution in [0.2, 0.25) is 0 Å². The van der Waals surface area contributed by atoms with Gasteiger partial charge in [0.05, 0.1) is 16.9 Å². The first-order valence-corrected chi connectivity index (χ1v) is 11.4. The van der Waals surface area contributed by atoms with Gasteiger partial charge in [-0.3, -0.25) is 14.9 Å². The summed E-state index contributed by atoms with van der Waals surface area (Å²) in [6.07, 6.45) is 6.87. The number of carbonyl (C=O) groups excluding carboxylic acids is 1. The molecule has 0 spiro atoms. The third-order valence-electron chi connectivity index (χ3n) is 6.11. The predicted octanol–water partition coefficient (Wildman–Crippen LogP) is 3.79. The molecule has 1 fully saturated rings. The predicted molar refractivity (Wildman–Crippen MR) is 130 cm³/mol. The van der Waals surface area contributed by atoms with Gasteiger partial charge in [-0.1, -0.05) is 6.92 Å². The summed E-state index contributed by atoms with van der Waals surface area (Å²) >= 11 is 0. The van der Waals surface area contributed by atoms with Crippen LogP contribution in [0.1, 0.15) is 32.4 Å². The normalized spacial score (nSPS) is 15.0. The lowest BCUT2D eigenvalue weighted by Gasteiger charge is -2.32. The van der Waals surface area contributed by atoms with Crippen molar-refractivity contribution in [2.45, 2.75) is 32.4 Å². The van der Waals surface area contributed by atoms with Crippen molar-refractivity contribution in [3.8, 4) is 0 Å². The van der Waals surface area contributed by atoms with Crippen molar-refractivity contribution in [3.05, 3.63) is 65.0 Å². The number of nitro groups is 1. The Morgan fingerprint density at radius 2 is 2.09 bits per heavy atom. The van der Waals surface area contributed by atoms with Crippen molar-refractivity contribution < 1.29 is 14.1 Å². The van der Waals surface area contributed by atoms with E-state index in [1.54, 1.807) is 24.7 Å². The minimum absolute atomic E-state index is 0.00472. The smallest absolute Gasteiger partial charge is 0.311 e. The molecular formula is C23H27FN8O3. The number of carbonyl (C=O) groups is 1. The van der Waals surface area contributed by atoms with Crippen molar-refractivity contribution in [2.75, 3.05) is 28.6 Å². The van der Waals surface area contributed by atoms with Crippen molar-refractivity contribution in [1.82, 2.24) is 14.5 Å². The Hall–Kier alpha value is -4.22. The van der Waals surface area contributed by atoms with Gasteiger partial charge in [0, 0.05) is 43.2 Å². The largest absolute Gasteiger partial charge is 0.369 e. The van der Waals surface area contributed by atoms with Crippen LogP contribution in [0.5, 0.6) is 0 Å². The number of pyridine rings is 1. The van der Waals surface area contributed by atoms with Crippen LogP contribution < -0.4 is 21.3 Å². The second-order valence-electron chi connectivity index (χ2n) is 8.35. The molecular weight excluding hydrogens is 455 g/mol. The zero-order chi connectivity index (χ0) is 24.9. The summed E-state index contributed by atoms with van der Waals surface area (Å²) in [4.78, 5) is 32.7. The molecule has 1 aliphatic rings. The summed E-state index contributed by atoms with van der Waals surface area (Å²) in [6, 6.07) is 7.42. The highest BCUT2D eigenvalue weighted by Gasteiger charge is 2.25. The van der Waals surface area contributed by atoms with Gasteiger partial charge in [0.1, 0.15) is 17.8 Å². The minimum atomic E-state index is -0.542. The third kappa shape index (κ3) is 5.48. The summed E-state index contributed by atoms with van der Waals surface area (Å²) in [6.45, 7) is 3.03. The maximum Gasteiger partial charge on any atom is 0.311 e. The Balaban J connectivity index is 1.52. The molecule has 1 aromatic carbocycles. The highest BCUT2D eigenvalue weighted by molar-refractivity contribution is 5.77. The molecule has 0 saturated carbocycles. The topological polar surface area (TPSA) is 144 Å². The van der Waals surface area contributed by atoms with E-state index in [0.717, 1.165) is 6.42 Å². The van der Waals surface area contributed by atoms with Gasteiger partial charge in [0.2, 0.25) is 11.7 Å². The molecule has 11 nitrogen and oxygen atoms in total. The molecule has 4 N–H and O–H groups in total. The van der Waals surface area contributed by atoms with E-state index in [1.165, 1.54) is 18.2 Å². The Labute approximate surface area is 201 Å². The zero-order valence-corrected chi connectivity index (χ0v) is 19.2. The van der Waals surface area contributed by atoms with E-state index in [1.807, 2.05) is 22.6 Å². The van der Waals surface area contributed by atoms with Gasteiger partial charge in [0.15, 0.2) is 0 Å². The fourth-order valence-corrected chi connectivity index (χ4v) is 4.17. The summed E-state index contributed by atoms with van der Waals surface area (Å²) in [5, 5.41) is 17.7. The van der Waals surface area contributed by atoms with E-state index in [-0.39, 0.29) is 29.5 Å². The quantitative estimate of drug-likeness (QED) is 0.309. The second kappa shape index (κ2) is 10.4. The maximum atomic E-state index is 15.0. The lowest BCUT2D eigenvalue weighted by molar-refractivity contribution is -0.384. The molecule has 12 heteroatoms. The second-order valence-corrected chi connectivity index (χ2v) is 8.35. The molecule has 1 saturated heterocycles. The molecule has 3 heterocycles. The fraction of sp³-hybridized carbons (Fsp3) is 0.348. The van der Waals surface area contributed by atoms with Crippen LogP contribution in [0.25, 0.3) is 0 Å². The molecule has 1 atom stereocenters. The number of piperidine rings is 1. The fourth-order valence-electron chi connectivity index (χ4n) is 4.17. The Morgan fingerprint density at radius 3 is 2.69 bits per heavy atom. The number of anilines is 4. The van der Waals surface area contributed by atoms with Crippen LogP contribution >= 0.6 is 0 Å². The number of nitrogens with one attached hydrogen (secondary N) is 2. The molecule has 4 rings (SSSR count). The van der Waals surface area contributed by atoms with Crippen molar-refractivity contribution >= 4 is 34.6 Å². The summed E-state index contributed by atoms with van der Waals surface area (Å²) < 4.78 is 16.8. The molecule has 1 amide bonds. The number of benzene rings is 1. The molecule has 1 unspecified atom stereocenters. The number of imidazole rings is 1. The van der Waals surface area contributed by atoms with Crippen molar-refractivity contribution in [1.29, 1.82) is 0 Å². The standard InChI is InChI=1S/C23H27FN8O3/c1-2-21(31-12-9-26-14-31)28-20-6-5-19(32(34)35)23(29-20)27-16-3-4-18(17(24)13-16)30-10-7-15(8-11-30)22(25)33/h3-6,9,12-15,21H,2,7-8,10-11H2,1H3,(H2,25,33)(H2,27,28,29). The molecule has 3 aromatic rings. The van der Waals surface area contributed by atoms with Crippen LogP contribution in [-0.2, 0) is 4.79 Å². The Kier molecular flexibility index (Phi) is 7.09. The number of nitrogens with two attached hydrogens (primary N) is 1. The number of nitrogens with zero attached hydrogens (tertiary/aromatic N) is 5. The van der Waals surface area contributed by atoms with E-state index in [2.05, 4.69) is 20.6 Å². The first-order chi connectivity index (χ1) is 16.9. The molecule has 184 valence electrons. The number of aromatic nitrogens is 3. The minimum Gasteiger partial charge on any atom is -0.369 e. The highest BCUT2D eigenvalue weighted by atomic mass is 19.1. The highest BCUT2D eigenvalue weighted by Crippen LogP contribution is 2.31. The number of amides is 1. The van der Waals surface area contributed by atoms with Crippen LogP contribution in [0.15, 0.2) is 49.1 Å². The van der Waals surface area contributed by atoms with Crippen LogP contribution in [0, 0.1) is 21.8 Å². The van der Waals surface area contributed by atoms with Crippen molar-refractivity contribution in [3.63, 3.8) is 0 Å². The lowest BCUT2D eigenvalue weighted by Crippen LogP contribution is -2.38. The summed E-state index contributed by atoms with van der Waals surface area (Å²) in [5.74, 6) is -0.576. The van der Waals surface area contributed by atoms with E-state index in [0.29, 0.717) is 43.1 Å². The first-order valence-electron chi connectivity index (χ1n) is 11.4. The molecule has 0 radical (unpaired) electrons. The van der Waals surface area contributed by atoms with Crippen LogP contribution in [0.4, 0.5) is 33.1 Å². The van der Waals surface area contributed by atoms with E-state index in [9.17, 15) is 19.3 Å². The number of halogens is 1. The average molecular weight is 483 g/mol. The number of hydrogen-bond acceptors (Lipinski definition) is 8. The van der Waals surface area contributed by atoms with Gasteiger partial charge < -0.3 is 25.8 Å². The monoisotopic (exact) mass is 482 g/mol. The van der Waals surface area contributed by atoms with Crippen molar-refractivity contribution in [2.24, 2.45) is 11.7 Å². The van der Waals surface area contributed by atoms with E-state index in [4.69, 9.17) is 5.73 Å². The van der Waals surface area contributed by atoms with Gasteiger partial charge in [-0.25, -0.2) is 14.4 Å². The molecule has 35 heavy (non-hydrogen) atoms. The third-order valence-corrected chi connectivity index (χ3v) is 6.11. The van der Waals surface area contributed by atoms with Gasteiger partial charge in [-0.05, 0) is 43.5 Å². The van der Waals surface area contributed by atoms with Gasteiger partial charge in [-0.2, -0.15) is 0 Å². The van der Waals surface area contributed by atoms with Crippen LogP contribution in [-0.4, -0.2) is 38.5 Å². The molecule has 0 aliphatic carbocycles. The Morgan fingerprint density at radius 1 is 1.31 bits per heavy atom. The molecule has 0 bridgehead atoms. The van der Waals surface area contributed by atoms with E-state index >= 15 is 0 Å². The number of primary amides is 1.